The lowest BCUT2D eigenvalue weighted by Crippen LogP contribution is -2.07. The van der Waals surface area contributed by atoms with Crippen LogP contribution in [0.4, 0.5) is 10.9 Å². The van der Waals surface area contributed by atoms with Gasteiger partial charge in [0.1, 0.15) is 5.82 Å². The van der Waals surface area contributed by atoms with Crippen LogP contribution in [0, 0.1) is 6.92 Å². The van der Waals surface area contributed by atoms with E-state index >= 15 is 0 Å². The van der Waals surface area contributed by atoms with Crippen LogP contribution in [0.3, 0.4) is 0 Å². The van der Waals surface area contributed by atoms with E-state index < -0.39 is 0 Å². The molecule has 7 nitrogen and oxygen atoms in total. The third-order valence-corrected chi connectivity index (χ3v) is 6.45. The first kappa shape index (κ1) is 19.4. The molecule has 1 aromatic carbocycles. The van der Waals surface area contributed by atoms with Gasteiger partial charge >= 0.3 is 0 Å². The fourth-order valence-corrected chi connectivity index (χ4v) is 5.08. The van der Waals surface area contributed by atoms with Crippen LogP contribution in [-0.2, 0) is 17.6 Å². The van der Waals surface area contributed by atoms with Gasteiger partial charge in [-0.25, -0.2) is 14.6 Å². The second-order valence-electron chi connectivity index (χ2n) is 7.53. The first-order chi connectivity index (χ1) is 15.0. The number of rotatable bonds is 4. The highest BCUT2D eigenvalue weighted by Gasteiger charge is 2.30. The van der Waals surface area contributed by atoms with E-state index in [1.807, 2.05) is 36.1 Å². The van der Waals surface area contributed by atoms with Gasteiger partial charge < -0.3 is 10.6 Å². The Morgan fingerprint density at radius 3 is 2.71 bits per heavy atom. The molecule has 3 aromatic heterocycles. The first-order valence-electron chi connectivity index (χ1n) is 10.1. The lowest BCUT2D eigenvalue weighted by atomic mass is 9.95. The molecular weight excluding hydrogens is 408 g/mol. The quantitative estimate of drug-likeness (QED) is 0.499. The number of aromatic nitrogens is 4. The molecule has 1 amide bonds. The maximum Gasteiger partial charge on any atom is 0.223 e. The number of thiazole rings is 1. The third-order valence-electron chi connectivity index (χ3n) is 5.43. The summed E-state index contributed by atoms with van der Waals surface area (Å²) in [6, 6.07) is 12.2. The number of anilines is 2. The number of hydrogen-bond donors (Lipinski definition) is 2. The van der Waals surface area contributed by atoms with Crippen molar-refractivity contribution in [2.75, 3.05) is 17.7 Å². The summed E-state index contributed by atoms with van der Waals surface area (Å²) in [7, 11) is 1.86. The Bertz CT molecular complexity index is 1290. The van der Waals surface area contributed by atoms with E-state index in [0.29, 0.717) is 5.13 Å². The Morgan fingerprint density at radius 1 is 1.16 bits per heavy atom. The smallest absolute Gasteiger partial charge is 0.223 e. The number of aryl methyl sites for hydroxylation is 2. The molecule has 2 N–H and O–H groups in total. The van der Waals surface area contributed by atoms with Crippen molar-refractivity contribution in [3.63, 3.8) is 0 Å². The molecule has 0 fully saturated rings. The van der Waals surface area contributed by atoms with Gasteiger partial charge in [0, 0.05) is 31.3 Å². The van der Waals surface area contributed by atoms with Gasteiger partial charge in [0.2, 0.25) is 5.91 Å². The lowest BCUT2D eigenvalue weighted by Gasteiger charge is -2.15. The van der Waals surface area contributed by atoms with Crippen molar-refractivity contribution in [2.24, 2.45) is 0 Å². The maximum absolute atomic E-state index is 11.6. The van der Waals surface area contributed by atoms with Crippen LogP contribution in [0.25, 0.3) is 27.5 Å². The molecule has 4 aromatic rings. The van der Waals surface area contributed by atoms with Crippen molar-refractivity contribution >= 4 is 28.2 Å². The van der Waals surface area contributed by atoms with E-state index in [2.05, 4.69) is 45.7 Å². The predicted molar refractivity (Wildman–Crippen MR) is 124 cm³/mol. The number of benzene rings is 1. The van der Waals surface area contributed by atoms with E-state index in [1.165, 1.54) is 23.8 Å². The Labute approximate surface area is 184 Å². The van der Waals surface area contributed by atoms with E-state index in [1.54, 1.807) is 0 Å². The average Bonchev–Trinajstić information content (AvgIpc) is 3.34. The molecule has 156 valence electrons. The molecule has 0 unspecified atom stereocenters. The van der Waals surface area contributed by atoms with Gasteiger partial charge in [0.25, 0.3) is 0 Å². The standard InChI is InChI=1S/C23H22N6OS/c1-13-6-4-5-7-18(13)29-21-16(20(28-29)15-8-11-19(24-3)25-12-15)9-10-17-22(21)31-23(27-17)26-14(2)30/h4-8,11-12H,9-10H2,1-3H3,(H,24,25)(H,26,27,30). The molecule has 5 rings (SSSR count). The van der Waals surface area contributed by atoms with Crippen LogP contribution in [0.15, 0.2) is 42.6 Å². The summed E-state index contributed by atoms with van der Waals surface area (Å²) in [4.78, 5) is 21.8. The van der Waals surface area contributed by atoms with Crippen molar-refractivity contribution in [3.8, 4) is 27.5 Å². The Morgan fingerprint density at radius 2 is 2.00 bits per heavy atom. The number of nitrogens with one attached hydrogen (secondary N) is 2. The van der Waals surface area contributed by atoms with Gasteiger partial charge in [0.05, 0.1) is 27.6 Å². The minimum Gasteiger partial charge on any atom is -0.373 e. The zero-order chi connectivity index (χ0) is 21.5. The van der Waals surface area contributed by atoms with Crippen LogP contribution in [0.2, 0.25) is 0 Å². The molecule has 3 heterocycles. The highest BCUT2D eigenvalue weighted by molar-refractivity contribution is 7.19. The number of amides is 1. The van der Waals surface area contributed by atoms with Crippen molar-refractivity contribution in [1.82, 2.24) is 19.7 Å². The first-order valence-corrected chi connectivity index (χ1v) is 11.0. The number of nitrogens with zero attached hydrogens (tertiary/aromatic N) is 4. The van der Waals surface area contributed by atoms with Crippen LogP contribution >= 0.6 is 11.3 Å². The summed E-state index contributed by atoms with van der Waals surface area (Å²) in [5, 5.41) is 11.6. The maximum atomic E-state index is 11.6. The number of para-hydroxylation sites is 1. The average molecular weight is 431 g/mol. The van der Waals surface area contributed by atoms with Crippen molar-refractivity contribution in [1.29, 1.82) is 0 Å². The van der Waals surface area contributed by atoms with E-state index in [-0.39, 0.29) is 5.91 Å². The largest absolute Gasteiger partial charge is 0.373 e. The minimum atomic E-state index is -0.116. The fourth-order valence-electron chi connectivity index (χ4n) is 3.96. The highest BCUT2D eigenvalue weighted by Crippen LogP contribution is 2.44. The van der Waals surface area contributed by atoms with E-state index in [9.17, 15) is 4.79 Å². The molecule has 0 spiro atoms. The minimum absolute atomic E-state index is 0.116. The molecule has 0 bridgehead atoms. The second-order valence-corrected chi connectivity index (χ2v) is 8.53. The predicted octanol–water partition coefficient (Wildman–Crippen LogP) is 4.46. The number of hydrogen-bond acceptors (Lipinski definition) is 6. The third kappa shape index (κ3) is 3.38. The molecule has 0 saturated carbocycles. The number of carbonyl (C=O) groups is 1. The van der Waals surface area contributed by atoms with Crippen molar-refractivity contribution < 1.29 is 4.79 Å². The van der Waals surface area contributed by atoms with Gasteiger partial charge in [-0.1, -0.05) is 29.5 Å². The molecule has 1 aliphatic rings. The molecule has 0 radical (unpaired) electrons. The number of pyridine rings is 1. The summed E-state index contributed by atoms with van der Waals surface area (Å²) >= 11 is 1.51. The van der Waals surface area contributed by atoms with Gasteiger partial charge in [0.15, 0.2) is 5.13 Å². The summed E-state index contributed by atoms with van der Waals surface area (Å²) < 4.78 is 2.03. The molecule has 0 aliphatic heterocycles. The van der Waals surface area contributed by atoms with E-state index in [4.69, 9.17) is 5.10 Å². The normalized spacial score (nSPS) is 12.2. The van der Waals surface area contributed by atoms with E-state index in [0.717, 1.165) is 57.4 Å². The molecule has 0 atom stereocenters. The van der Waals surface area contributed by atoms with Crippen LogP contribution in [0.5, 0.6) is 0 Å². The Balaban J connectivity index is 1.73. The summed E-state index contributed by atoms with van der Waals surface area (Å²) in [6.45, 7) is 3.59. The number of carbonyl (C=O) groups excluding carboxylic acids is 1. The molecule has 1 aliphatic carbocycles. The molecule has 8 heteroatoms. The molecule has 31 heavy (non-hydrogen) atoms. The van der Waals surface area contributed by atoms with Gasteiger partial charge in [-0.15, -0.1) is 0 Å². The van der Waals surface area contributed by atoms with Crippen LogP contribution in [-0.4, -0.2) is 32.7 Å². The van der Waals surface area contributed by atoms with Crippen LogP contribution < -0.4 is 10.6 Å². The monoisotopic (exact) mass is 430 g/mol. The topological polar surface area (TPSA) is 84.7 Å². The van der Waals surface area contributed by atoms with Gasteiger partial charge in [-0.2, -0.15) is 5.10 Å². The van der Waals surface area contributed by atoms with Crippen molar-refractivity contribution in [3.05, 3.63) is 59.4 Å². The molecule has 0 saturated heterocycles. The zero-order valence-electron chi connectivity index (χ0n) is 17.6. The summed E-state index contributed by atoms with van der Waals surface area (Å²) in [5.74, 6) is 0.704. The Kier molecular flexibility index (Phi) is 4.78. The second kappa shape index (κ2) is 7.63. The SMILES string of the molecule is CNc1ccc(-c2nn(-c3ccccc3C)c3c2CCc2nc(NC(C)=O)sc2-3)cn1. The fraction of sp³-hybridized carbons (Fsp3) is 0.217. The Hall–Kier alpha value is -3.52. The lowest BCUT2D eigenvalue weighted by molar-refractivity contribution is -0.114. The van der Waals surface area contributed by atoms with Gasteiger partial charge in [-0.05, 0) is 43.5 Å². The molecular formula is C23H22N6OS. The van der Waals surface area contributed by atoms with Gasteiger partial charge in [-0.3, -0.25) is 4.79 Å². The highest BCUT2D eigenvalue weighted by atomic mass is 32.1. The summed E-state index contributed by atoms with van der Waals surface area (Å²) in [5.41, 5.74) is 7.34. The number of fused-ring (bicyclic) bond motifs is 3. The summed E-state index contributed by atoms with van der Waals surface area (Å²) in [6.07, 6.45) is 3.51. The van der Waals surface area contributed by atoms with Crippen molar-refractivity contribution in [2.45, 2.75) is 26.7 Å². The van der Waals surface area contributed by atoms with Crippen LogP contribution in [0.1, 0.15) is 23.7 Å². The zero-order valence-corrected chi connectivity index (χ0v) is 18.4.